The summed E-state index contributed by atoms with van der Waals surface area (Å²) in [7, 11) is 0. The SMILES string of the molecule is FC(F)(F)c1ccc([C@H]2Sc3ccccc3N=C3c4ccccc4OC[C@H]32)cc1. The van der Waals surface area contributed by atoms with Gasteiger partial charge in [-0.3, -0.25) is 4.99 Å². The lowest BCUT2D eigenvalue weighted by molar-refractivity contribution is -0.137. The molecule has 146 valence electrons. The Morgan fingerprint density at radius 3 is 2.41 bits per heavy atom. The molecule has 0 fully saturated rings. The minimum atomic E-state index is -4.35. The molecule has 0 saturated carbocycles. The first-order valence-electron chi connectivity index (χ1n) is 9.24. The Morgan fingerprint density at radius 1 is 0.897 bits per heavy atom. The standard InChI is InChI=1S/C23H16F3NOS/c24-23(25,26)15-11-9-14(10-12-15)22-17-13-28-19-7-3-1-5-16(19)21(17)27-18-6-2-4-8-20(18)29-22/h1-12,17,22H,13H2/t17-,22-/m1/s1. The Morgan fingerprint density at radius 2 is 1.62 bits per heavy atom. The van der Waals surface area contributed by atoms with Gasteiger partial charge in [-0.1, -0.05) is 36.4 Å². The van der Waals surface area contributed by atoms with Crippen LogP contribution in [0, 0.1) is 5.92 Å². The predicted octanol–water partition coefficient (Wildman–Crippen LogP) is 6.68. The van der Waals surface area contributed by atoms with Crippen LogP contribution in [0.1, 0.15) is 21.9 Å². The molecule has 3 aromatic carbocycles. The second-order valence-corrected chi connectivity index (χ2v) is 8.22. The van der Waals surface area contributed by atoms with E-state index in [2.05, 4.69) is 0 Å². The third kappa shape index (κ3) is 3.31. The average molecular weight is 411 g/mol. The number of aliphatic imine (C=N–C) groups is 1. The number of para-hydroxylation sites is 2. The van der Waals surface area contributed by atoms with Gasteiger partial charge in [-0.25, -0.2) is 0 Å². The molecule has 2 aliphatic heterocycles. The van der Waals surface area contributed by atoms with Crippen LogP contribution in [0.5, 0.6) is 5.75 Å². The van der Waals surface area contributed by atoms with E-state index in [-0.39, 0.29) is 11.2 Å². The van der Waals surface area contributed by atoms with E-state index in [0.29, 0.717) is 6.61 Å². The smallest absolute Gasteiger partial charge is 0.416 e. The highest BCUT2D eigenvalue weighted by Crippen LogP contribution is 2.50. The lowest BCUT2D eigenvalue weighted by Gasteiger charge is -2.31. The van der Waals surface area contributed by atoms with Gasteiger partial charge in [0.2, 0.25) is 0 Å². The minimum absolute atomic E-state index is 0.0703. The van der Waals surface area contributed by atoms with Crippen molar-refractivity contribution in [1.29, 1.82) is 0 Å². The Balaban J connectivity index is 1.63. The first-order chi connectivity index (χ1) is 14.0. The topological polar surface area (TPSA) is 21.6 Å². The van der Waals surface area contributed by atoms with Crippen LogP contribution in [0.2, 0.25) is 0 Å². The molecule has 0 unspecified atom stereocenters. The predicted molar refractivity (Wildman–Crippen MR) is 108 cm³/mol. The maximum atomic E-state index is 13.0. The van der Waals surface area contributed by atoms with Gasteiger partial charge in [0.1, 0.15) is 5.75 Å². The number of rotatable bonds is 1. The van der Waals surface area contributed by atoms with Gasteiger partial charge in [-0.2, -0.15) is 13.2 Å². The van der Waals surface area contributed by atoms with Crippen LogP contribution in [-0.4, -0.2) is 12.3 Å². The maximum absolute atomic E-state index is 13.0. The summed E-state index contributed by atoms with van der Waals surface area (Å²) in [6.07, 6.45) is -4.35. The van der Waals surface area contributed by atoms with Crippen molar-refractivity contribution in [3.8, 4) is 5.75 Å². The number of benzene rings is 3. The average Bonchev–Trinajstić information content (AvgIpc) is 2.90. The van der Waals surface area contributed by atoms with E-state index in [1.807, 2.05) is 48.5 Å². The van der Waals surface area contributed by atoms with Crippen LogP contribution in [0.25, 0.3) is 0 Å². The maximum Gasteiger partial charge on any atom is 0.416 e. The summed E-state index contributed by atoms with van der Waals surface area (Å²) in [6, 6.07) is 21.1. The van der Waals surface area contributed by atoms with Crippen molar-refractivity contribution in [2.45, 2.75) is 16.3 Å². The molecule has 0 aliphatic carbocycles. The van der Waals surface area contributed by atoms with Gasteiger partial charge in [-0.15, -0.1) is 11.8 Å². The number of fused-ring (bicyclic) bond motifs is 4. The fourth-order valence-corrected chi connectivity index (χ4v) is 5.13. The van der Waals surface area contributed by atoms with Crippen LogP contribution < -0.4 is 4.74 Å². The molecule has 2 aliphatic rings. The highest BCUT2D eigenvalue weighted by molar-refractivity contribution is 7.99. The lowest BCUT2D eigenvalue weighted by atomic mass is 9.88. The van der Waals surface area contributed by atoms with E-state index < -0.39 is 11.7 Å². The number of ether oxygens (including phenoxy) is 1. The van der Waals surface area contributed by atoms with Crippen molar-refractivity contribution in [3.63, 3.8) is 0 Å². The van der Waals surface area contributed by atoms with Crippen LogP contribution >= 0.6 is 11.8 Å². The molecule has 0 N–H and O–H groups in total. The van der Waals surface area contributed by atoms with Crippen LogP contribution in [0.3, 0.4) is 0 Å². The van der Waals surface area contributed by atoms with Crippen LogP contribution in [0.4, 0.5) is 18.9 Å². The minimum Gasteiger partial charge on any atom is -0.492 e. The van der Waals surface area contributed by atoms with E-state index in [9.17, 15) is 13.2 Å². The Kier molecular flexibility index (Phi) is 4.39. The molecule has 2 atom stereocenters. The summed E-state index contributed by atoms with van der Waals surface area (Å²) in [5.41, 5.74) is 2.94. The quantitative estimate of drug-likeness (QED) is 0.445. The van der Waals surface area contributed by atoms with Gasteiger partial charge < -0.3 is 4.74 Å². The normalized spacial score (nSPS) is 20.4. The van der Waals surface area contributed by atoms with Crippen molar-refractivity contribution < 1.29 is 17.9 Å². The van der Waals surface area contributed by atoms with Gasteiger partial charge in [0.05, 0.1) is 29.5 Å². The van der Waals surface area contributed by atoms with E-state index in [1.54, 1.807) is 23.9 Å². The highest BCUT2D eigenvalue weighted by Gasteiger charge is 2.37. The van der Waals surface area contributed by atoms with Crippen molar-refractivity contribution >= 4 is 23.2 Å². The van der Waals surface area contributed by atoms with Crippen molar-refractivity contribution in [1.82, 2.24) is 0 Å². The molecule has 6 heteroatoms. The summed E-state index contributed by atoms with van der Waals surface area (Å²) < 4.78 is 45.0. The second kappa shape index (κ2) is 6.95. The third-order valence-corrected chi connectivity index (χ3v) is 6.68. The number of halogens is 3. The van der Waals surface area contributed by atoms with E-state index in [1.165, 1.54) is 0 Å². The van der Waals surface area contributed by atoms with E-state index >= 15 is 0 Å². The Labute approximate surface area is 170 Å². The number of alkyl halides is 3. The monoisotopic (exact) mass is 411 g/mol. The molecular weight excluding hydrogens is 395 g/mol. The summed E-state index contributed by atoms with van der Waals surface area (Å²) >= 11 is 1.63. The van der Waals surface area contributed by atoms with E-state index in [0.717, 1.165) is 45.3 Å². The van der Waals surface area contributed by atoms with Crippen LogP contribution in [0.15, 0.2) is 82.7 Å². The molecular formula is C23H16F3NOS. The van der Waals surface area contributed by atoms with Gasteiger partial charge in [0, 0.05) is 15.7 Å². The summed E-state index contributed by atoms with van der Waals surface area (Å²) in [6.45, 7) is 0.433. The van der Waals surface area contributed by atoms with Crippen molar-refractivity contribution in [3.05, 3.63) is 89.5 Å². The molecule has 0 bridgehead atoms. The first-order valence-corrected chi connectivity index (χ1v) is 10.1. The van der Waals surface area contributed by atoms with Crippen molar-refractivity contribution in [2.75, 3.05) is 6.61 Å². The van der Waals surface area contributed by atoms with Gasteiger partial charge >= 0.3 is 6.18 Å². The number of hydrogen-bond acceptors (Lipinski definition) is 3. The molecule has 29 heavy (non-hydrogen) atoms. The first kappa shape index (κ1) is 18.3. The number of thioether (sulfide) groups is 1. The molecule has 0 saturated heterocycles. The Hall–Kier alpha value is -2.73. The molecule has 3 aromatic rings. The summed E-state index contributed by atoms with van der Waals surface area (Å²) in [5, 5.41) is -0.104. The summed E-state index contributed by atoms with van der Waals surface area (Å²) in [4.78, 5) is 5.98. The second-order valence-electron chi connectivity index (χ2n) is 7.04. The molecule has 0 amide bonds. The number of nitrogens with zero attached hydrogens (tertiary/aromatic N) is 1. The third-order valence-electron chi connectivity index (χ3n) is 5.22. The molecule has 2 nitrogen and oxygen atoms in total. The van der Waals surface area contributed by atoms with Crippen LogP contribution in [-0.2, 0) is 6.18 Å². The number of hydrogen-bond donors (Lipinski definition) is 0. The van der Waals surface area contributed by atoms with Gasteiger partial charge in [0.25, 0.3) is 0 Å². The molecule has 5 rings (SSSR count). The summed E-state index contributed by atoms with van der Waals surface area (Å²) in [5.74, 6) is 0.720. The Bertz CT molecular complexity index is 1090. The van der Waals surface area contributed by atoms with E-state index in [4.69, 9.17) is 9.73 Å². The zero-order chi connectivity index (χ0) is 20.0. The van der Waals surface area contributed by atoms with Gasteiger partial charge in [0.15, 0.2) is 0 Å². The lowest BCUT2D eigenvalue weighted by Crippen LogP contribution is -2.31. The van der Waals surface area contributed by atoms with Crippen molar-refractivity contribution in [2.24, 2.45) is 10.9 Å². The molecule has 0 spiro atoms. The zero-order valence-electron chi connectivity index (χ0n) is 15.2. The molecule has 0 aromatic heterocycles. The fraction of sp³-hybridized carbons (Fsp3) is 0.174. The zero-order valence-corrected chi connectivity index (χ0v) is 16.0. The highest BCUT2D eigenvalue weighted by atomic mass is 32.2. The largest absolute Gasteiger partial charge is 0.492 e. The molecule has 0 radical (unpaired) electrons. The molecule has 2 heterocycles. The van der Waals surface area contributed by atoms with Gasteiger partial charge in [-0.05, 0) is 42.0 Å². The fourth-order valence-electron chi connectivity index (χ4n) is 3.80.